The number of hydrogen-bond donors (Lipinski definition) is 2. The van der Waals surface area contributed by atoms with E-state index in [2.05, 4.69) is 10.6 Å². The first-order valence-electron chi connectivity index (χ1n) is 8.13. The van der Waals surface area contributed by atoms with Crippen molar-refractivity contribution < 1.29 is 9.53 Å². The van der Waals surface area contributed by atoms with Gasteiger partial charge < -0.3 is 15.4 Å². The number of carbonyl (C=O) groups excluding carboxylic acids is 1. The Morgan fingerprint density at radius 2 is 1.92 bits per heavy atom. The molecule has 3 rings (SSSR count). The van der Waals surface area contributed by atoms with Gasteiger partial charge in [-0.15, -0.1) is 12.4 Å². The fourth-order valence-electron chi connectivity index (χ4n) is 2.78. The summed E-state index contributed by atoms with van der Waals surface area (Å²) in [6.07, 6.45) is 2.68. The Morgan fingerprint density at radius 1 is 1.12 bits per heavy atom. The molecule has 2 aromatic rings. The van der Waals surface area contributed by atoms with Crippen LogP contribution in [0.5, 0.6) is 11.5 Å². The number of anilines is 1. The van der Waals surface area contributed by atoms with E-state index in [1.54, 1.807) is 0 Å². The topological polar surface area (TPSA) is 50.4 Å². The molecule has 2 N–H and O–H groups in total. The maximum atomic E-state index is 12.1. The molecular weight excluding hydrogens is 324 g/mol. The molecule has 24 heavy (non-hydrogen) atoms. The maximum Gasteiger partial charge on any atom is 0.224 e. The third-order valence-corrected chi connectivity index (χ3v) is 4.04. The van der Waals surface area contributed by atoms with Crippen LogP contribution >= 0.6 is 12.4 Å². The lowest BCUT2D eigenvalue weighted by molar-refractivity contribution is -0.116. The summed E-state index contributed by atoms with van der Waals surface area (Å²) in [6, 6.07) is 17.1. The van der Waals surface area contributed by atoms with Gasteiger partial charge in [-0.25, -0.2) is 0 Å². The van der Waals surface area contributed by atoms with Crippen LogP contribution in [0.25, 0.3) is 0 Å². The third kappa shape index (κ3) is 5.55. The molecule has 0 aliphatic carbocycles. The van der Waals surface area contributed by atoms with Crippen molar-refractivity contribution in [3.63, 3.8) is 0 Å². The molecule has 1 aliphatic rings. The van der Waals surface area contributed by atoms with Gasteiger partial charge in [0, 0.05) is 18.2 Å². The molecule has 1 heterocycles. The molecule has 1 saturated heterocycles. The van der Waals surface area contributed by atoms with Crippen LogP contribution < -0.4 is 15.4 Å². The van der Waals surface area contributed by atoms with E-state index in [1.807, 2.05) is 54.6 Å². The number of amides is 1. The van der Waals surface area contributed by atoms with E-state index >= 15 is 0 Å². The molecule has 5 heteroatoms. The molecule has 0 spiro atoms. The lowest BCUT2D eigenvalue weighted by Gasteiger charge is -2.10. The summed E-state index contributed by atoms with van der Waals surface area (Å²) in [7, 11) is 0. The molecule has 2 aromatic carbocycles. The van der Waals surface area contributed by atoms with Gasteiger partial charge >= 0.3 is 0 Å². The molecule has 1 atom stereocenters. The van der Waals surface area contributed by atoms with Crippen molar-refractivity contribution in [2.45, 2.75) is 19.3 Å². The molecule has 128 valence electrons. The second-order valence-corrected chi connectivity index (χ2v) is 5.89. The minimum absolute atomic E-state index is 0. The quantitative estimate of drug-likeness (QED) is 0.823. The predicted octanol–water partition coefficient (Wildman–Crippen LogP) is 4.23. The zero-order valence-corrected chi connectivity index (χ0v) is 14.4. The minimum Gasteiger partial charge on any atom is -0.457 e. The summed E-state index contributed by atoms with van der Waals surface area (Å²) in [5.41, 5.74) is 0.771. The number of hydrogen-bond acceptors (Lipinski definition) is 3. The van der Waals surface area contributed by atoms with Gasteiger partial charge in [0.2, 0.25) is 5.91 Å². The second kappa shape index (κ2) is 9.30. The lowest BCUT2D eigenvalue weighted by Crippen LogP contribution is -2.15. The van der Waals surface area contributed by atoms with Crippen LogP contribution in [0.2, 0.25) is 0 Å². The summed E-state index contributed by atoms with van der Waals surface area (Å²) < 4.78 is 5.78. The van der Waals surface area contributed by atoms with Gasteiger partial charge in [0.1, 0.15) is 11.5 Å². The number of rotatable bonds is 6. The minimum atomic E-state index is 0. The van der Waals surface area contributed by atoms with Crippen molar-refractivity contribution in [2.24, 2.45) is 5.92 Å². The van der Waals surface area contributed by atoms with E-state index in [9.17, 15) is 4.79 Å². The molecule has 0 radical (unpaired) electrons. The SMILES string of the molecule is Cl.O=C(CCC1CCNC1)Nc1cccc(Oc2ccccc2)c1. The Bertz CT molecular complexity index is 643. The predicted molar refractivity (Wildman–Crippen MR) is 99.0 cm³/mol. The first-order chi connectivity index (χ1) is 11.3. The fraction of sp³-hybridized carbons (Fsp3) is 0.316. The Hall–Kier alpha value is -2.04. The standard InChI is InChI=1S/C19H22N2O2.ClH/c22-19(10-9-15-11-12-20-14-15)21-16-5-4-8-18(13-16)23-17-6-2-1-3-7-17;/h1-8,13,15,20H,9-12,14H2,(H,21,22);1H. The van der Waals surface area contributed by atoms with Gasteiger partial charge in [0.15, 0.2) is 0 Å². The first-order valence-corrected chi connectivity index (χ1v) is 8.13. The van der Waals surface area contributed by atoms with Crippen molar-refractivity contribution in [2.75, 3.05) is 18.4 Å². The van der Waals surface area contributed by atoms with Crippen molar-refractivity contribution in [3.05, 3.63) is 54.6 Å². The van der Waals surface area contributed by atoms with Crippen LogP contribution in [0.4, 0.5) is 5.69 Å². The van der Waals surface area contributed by atoms with Gasteiger partial charge in [-0.3, -0.25) is 4.79 Å². The summed E-state index contributed by atoms with van der Waals surface area (Å²) in [5, 5.41) is 6.28. The number of ether oxygens (including phenoxy) is 1. The highest BCUT2D eigenvalue weighted by molar-refractivity contribution is 5.90. The molecule has 4 nitrogen and oxygen atoms in total. The highest BCUT2D eigenvalue weighted by Crippen LogP contribution is 2.24. The molecule has 1 amide bonds. The zero-order valence-electron chi connectivity index (χ0n) is 13.5. The van der Waals surface area contributed by atoms with Gasteiger partial charge in [-0.2, -0.15) is 0 Å². The van der Waals surface area contributed by atoms with E-state index < -0.39 is 0 Å². The van der Waals surface area contributed by atoms with Crippen molar-refractivity contribution in [1.82, 2.24) is 5.32 Å². The van der Waals surface area contributed by atoms with E-state index in [0.29, 0.717) is 18.1 Å². The van der Waals surface area contributed by atoms with Crippen molar-refractivity contribution in [3.8, 4) is 11.5 Å². The number of para-hydroxylation sites is 1. The molecule has 1 fully saturated rings. The first kappa shape index (κ1) is 18.3. The maximum absolute atomic E-state index is 12.1. The largest absolute Gasteiger partial charge is 0.457 e. The average Bonchev–Trinajstić information content (AvgIpc) is 3.08. The number of halogens is 1. The summed E-state index contributed by atoms with van der Waals surface area (Å²) >= 11 is 0. The molecule has 1 unspecified atom stereocenters. The monoisotopic (exact) mass is 346 g/mol. The number of carbonyl (C=O) groups is 1. The Kier molecular flexibility index (Phi) is 7.09. The van der Waals surface area contributed by atoms with E-state index in [4.69, 9.17) is 4.74 Å². The van der Waals surface area contributed by atoms with E-state index in [0.717, 1.165) is 30.9 Å². The van der Waals surface area contributed by atoms with Gasteiger partial charge in [-0.05, 0) is 56.1 Å². The normalized spacial score (nSPS) is 16.2. The highest BCUT2D eigenvalue weighted by atomic mass is 35.5. The Balaban J connectivity index is 0.00000208. The smallest absolute Gasteiger partial charge is 0.224 e. The molecule has 0 aromatic heterocycles. The Labute approximate surface area is 149 Å². The van der Waals surface area contributed by atoms with Gasteiger partial charge in [0.25, 0.3) is 0 Å². The van der Waals surface area contributed by atoms with Crippen LogP contribution in [0.15, 0.2) is 54.6 Å². The van der Waals surface area contributed by atoms with Crippen LogP contribution in [0, 0.1) is 5.92 Å². The third-order valence-electron chi connectivity index (χ3n) is 4.04. The lowest BCUT2D eigenvalue weighted by atomic mass is 10.0. The fourth-order valence-corrected chi connectivity index (χ4v) is 2.78. The van der Waals surface area contributed by atoms with Crippen LogP contribution in [0.1, 0.15) is 19.3 Å². The average molecular weight is 347 g/mol. The summed E-state index contributed by atoms with van der Waals surface area (Å²) in [5.74, 6) is 2.20. The number of benzene rings is 2. The van der Waals surface area contributed by atoms with E-state index in [1.165, 1.54) is 6.42 Å². The van der Waals surface area contributed by atoms with Crippen LogP contribution in [-0.2, 0) is 4.79 Å². The molecule has 0 saturated carbocycles. The zero-order chi connectivity index (χ0) is 15.9. The summed E-state index contributed by atoms with van der Waals surface area (Å²) in [4.78, 5) is 12.1. The Morgan fingerprint density at radius 3 is 2.67 bits per heavy atom. The molecular formula is C19H23ClN2O2. The van der Waals surface area contributed by atoms with Crippen LogP contribution in [0.3, 0.4) is 0 Å². The number of nitrogens with one attached hydrogen (secondary N) is 2. The van der Waals surface area contributed by atoms with Gasteiger partial charge in [0.05, 0.1) is 0 Å². The summed E-state index contributed by atoms with van der Waals surface area (Å²) in [6.45, 7) is 2.11. The molecule has 1 aliphatic heterocycles. The highest BCUT2D eigenvalue weighted by Gasteiger charge is 2.15. The molecule has 0 bridgehead atoms. The van der Waals surface area contributed by atoms with Gasteiger partial charge in [-0.1, -0.05) is 24.3 Å². The van der Waals surface area contributed by atoms with E-state index in [-0.39, 0.29) is 18.3 Å². The van der Waals surface area contributed by atoms with Crippen molar-refractivity contribution in [1.29, 1.82) is 0 Å². The second-order valence-electron chi connectivity index (χ2n) is 5.89. The van der Waals surface area contributed by atoms with Crippen molar-refractivity contribution >= 4 is 24.0 Å². The van der Waals surface area contributed by atoms with Crippen LogP contribution in [-0.4, -0.2) is 19.0 Å².